The molecule has 0 unspecified atom stereocenters. The van der Waals surface area contributed by atoms with Crippen LogP contribution in [0.25, 0.3) is 71.6 Å². The van der Waals surface area contributed by atoms with Crippen LogP contribution in [-0.4, -0.2) is 9.55 Å². The molecule has 0 radical (unpaired) electrons. The Labute approximate surface area is 227 Å². The maximum Gasteiger partial charge on any atom is 0.0783 e. The van der Waals surface area contributed by atoms with E-state index in [0.29, 0.717) is 5.56 Å². The minimum atomic E-state index is -0.403. The Balaban J connectivity index is 1.52. The predicted molar refractivity (Wildman–Crippen MR) is 161 cm³/mol. The highest BCUT2D eigenvalue weighted by Crippen LogP contribution is 2.40. The van der Waals surface area contributed by atoms with E-state index in [4.69, 9.17) is 6.85 Å². The lowest BCUT2D eigenvalue weighted by Crippen LogP contribution is -1.96. The molecular weight excluding hydrogens is 460 g/mol. The SMILES string of the molecule is [2H]c1c([2H])c([2H])c(-c2cc(-n3c4ccccc4c4ccc5c6ccccc6[nH]c5c43)ccc2-c2ccccc2)c([2H])c1[2H]. The summed E-state index contributed by atoms with van der Waals surface area (Å²) in [4.78, 5) is 3.66. The second kappa shape index (κ2) is 8.22. The molecule has 0 amide bonds. The monoisotopic (exact) mass is 489 g/mol. The van der Waals surface area contributed by atoms with Crippen molar-refractivity contribution >= 4 is 43.6 Å². The summed E-state index contributed by atoms with van der Waals surface area (Å²) in [6.07, 6.45) is 0. The molecule has 2 heteroatoms. The van der Waals surface area contributed by atoms with Crippen molar-refractivity contribution in [2.24, 2.45) is 0 Å². The topological polar surface area (TPSA) is 20.7 Å². The fourth-order valence-electron chi connectivity index (χ4n) is 5.77. The molecule has 0 bridgehead atoms. The van der Waals surface area contributed by atoms with Crippen molar-refractivity contribution in [2.75, 3.05) is 0 Å². The van der Waals surface area contributed by atoms with Crippen molar-refractivity contribution in [3.63, 3.8) is 0 Å². The minimum absolute atomic E-state index is 0.184. The second-order valence-corrected chi connectivity index (χ2v) is 9.50. The van der Waals surface area contributed by atoms with Crippen LogP contribution >= 0.6 is 0 Å². The van der Waals surface area contributed by atoms with Crippen molar-refractivity contribution in [3.8, 4) is 27.9 Å². The zero-order chi connectivity index (χ0) is 29.4. The zero-order valence-corrected chi connectivity index (χ0v) is 20.3. The third kappa shape index (κ3) is 3.07. The van der Waals surface area contributed by atoms with E-state index in [9.17, 15) is 0 Å². The van der Waals surface area contributed by atoms with E-state index in [2.05, 4.69) is 52.0 Å². The number of para-hydroxylation sites is 2. The van der Waals surface area contributed by atoms with Gasteiger partial charge in [0.05, 0.1) is 23.4 Å². The molecule has 0 aliphatic carbocycles. The van der Waals surface area contributed by atoms with Crippen LogP contribution in [0.1, 0.15) is 6.85 Å². The third-order valence-electron chi connectivity index (χ3n) is 7.43. The Kier molecular flexibility index (Phi) is 3.60. The molecule has 8 rings (SSSR count). The Morgan fingerprint density at radius 3 is 2.16 bits per heavy atom. The van der Waals surface area contributed by atoms with E-state index in [1.54, 1.807) is 0 Å². The van der Waals surface area contributed by atoms with E-state index in [-0.39, 0.29) is 29.7 Å². The number of H-pyrrole nitrogens is 1. The van der Waals surface area contributed by atoms with Crippen LogP contribution < -0.4 is 0 Å². The Bertz CT molecular complexity index is 2370. The van der Waals surface area contributed by atoms with Crippen LogP contribution in [0.15, 0.2) is 139 Å². The quantitative estimate of drug-likeness (QED) is 0.255. The van der Waals surface area contributed by atoms with Crippen molar-refractivity contribution in [1.82, 2.24) is 9.55 Å². The lowest BCUT2D eigenvalue weighted by Gasteiger charge is -2.15. The largest absolute Gasteiger partial charge is 0.353 e. The average Bonchev–Trinajstić information content (AvgIpc) is 3.59. The molecular formula is C36H24N2. The summed E-state index contributed by atoms with van der Waals surface area (Å²) in [6.45, 7) is 0. The molecule has 0 aliphatic heterocycles. The standard InChI is InChI=1S/C36H24N2/c1-3-11-24(12-4-1)27-20-19-26(23-32(27)25-13-5-2-6-14-25)38-34-18-10-8-16-29(34)31-22-21-30-28-15-7-9-17-33(28)37-35(30)36(31)38/h1-23,37H/i2D,5D,6D,13D,14D. The van der Waals surface area contributed by atoms with Crippen LogP contribution in [0.3, 0.4) is 0 Å². The predicted octanol–water partition coefficient (Wildman–Crippen LogP) is 9.75. The van der Waals surface area contributed by atoms with Gasteiger partial charge in [-0.15, -0.1) is 0 Å². The molecule has 0 spiro atoms. The van der Waals surface area contributed by atoms with Crippen LogP contribution in [0.4, 0.5) is 0 Å². The van der Waals surface area contributed by atoms with E-state index in [1.807, 2.05) is 66.7 Å². The van der Waals surface area contributed by atoms with Gasteiger partial charge >= 0.3 is 0 Å². The smallest absolute Gasteiger partial charge is 0.0783 e. The molecule has 0 fully saturated rings. The van der Waals surface area contributed by atoms with Crippen LogP contribution in [0.2, 0.25) is 0 Å². The fraction of sp³-hybridized carbons (Fsp3) is 0. The lowest BCUT2D eigenvalue weighted by atomic mass is 9.94. The molecule has 2 heterocycles. The molecule has 1 N–H and O–H groups in total. The third-order valence-corrected chi connectivity index (χ3v) is 7.43. The first kappa shape index (κ1) is 16.6. The van der Waals surface area contributed by atoms with Gasteiger partial charge in [-0.1, -0.05) is 115 Å². The summed E-state index contributed by atoms with van der Waals surface area (Å²) >= 11 is 0. The first-order chi connectivity index (χ1) is 20.9. The van der Waals surface area contributed by atoms with Crippen LogP contribution in [0, 0.1) is 0 Å². The summed E-state index contributed by atoms with van der Waals surface area (Å²) < 4.78 is 44.8. The van der Waals surface area contributed by atoms with E-state index in [0.717, 1.165) is 60.4 Å². The van der Waals surface area contributed by atoms with Crippen LogP contribution in [-0.2, 0) is 0 Å². The Hall–Kier alpha value is -5.08. The van der Waals surface area contributed by atoms with E-state index < -0.39 is 6.04 Å². The van der Waals surface area contributed by atoms with Crippen molar-refractivity contribution in [3.05, 3.63) is 139 Å². The zero-order valence-electron chi connectivity index (χ0n) is 25.3. The number of hydrogen-bond acceptors (Lipinski definition) is 0. The summed E-state index contributed by atoms with van der Waals surface area (Å²) in [5, 5.41) is 4.48. The van der Waals surface area contributed by atoms with Gasteiger partial charge in [-0.2, -0.15) is 0 Å². The fourth-order valence-corrected chi connectivity index (χ4v) is 5.77. The number of benzene rings is 6. The van der Waals surface area contributed by atoms with Crippen molar-refractivity contribution in [1.29, 1.82) is 0 Å². The summed E-state index contributed by atoms with van der Waals surface area (Å²) in [5.41, 5.74) is 7.40. The van der Waals surface area contributed by atoms with Gasteiger partial charge in [-0.3, -0.25) is 0 Å². The molecule has 8 aromatic rings. The number of rotatable bonds is 3. The molecule has 0 saturated heterocycles. The van der Waals surface area contributed by atoms with Gasteiger partial charge < -0.3 is 9.55 Å². The minimum Gasteiger partial charge on any atom is -0.353 e. The van der Waals surface area contributed by atoms with Gasteiger partial charge in [-0.05, 0) is 46.5 Å². The number of nitrogens with one attached hydrogen (secondary N) is 1. The first-order valence-corrected chi connectivity index (χ1v) is 12.6. The molecule has 0 saturated carbocycles. The molecule has 2 aromatic heterocycles. The van der Waals surface area contributed by atoms with Gasteiger partial charge in [-0.25, -0.2) is 0 Å². The Morgan fingerprint density at radius 2 is 1.29 bits per heavy atom. The van der Waals surface area contributed by atoms with Gasteiger partial charge in [0.15, 0.2) is 0 Å². The number of hydrogen-bond donors (Lipinski definition) is 1. The maximum absolute atomic E-state index is 8.82. The van der Waals surface area contributed by atoms with Gasteiger partial charge in [0.1, 0.15) is 0 Å². The van der Waals surface area contributed by atoms with Crippen molar-refractivity contribution in [2.45, 2.75) is 0 Å². The molecule has 0 atom stereocenters. The second-order valence-electron chi connectivity index (χ2n) is 9.50. The van der Waals surface area contributed by atoms with Crippen LogP contribution in [0.5, 0.6) is 0 Å². The lowest BCUT2D eigenvalue weighted by molar-refractivity contribution is 1.18. The summed E-state index contributed by atoms with van der Waals surface area (Å²) in [7, 11) is 0. The number of fused-ring (bicyclic) bond motifs is 7. The first-order valence-electron chi connectivity index (χ1n) is 15.1. The summed E-state index contributed by atoms with van der Waals surface area (Å²) in [6, 6.07) is 35.1. The van der Waals surface area contributed by atoms with Crippen molar-refractivity contribution < 1.29 is 6.85 Å². The maximum atomic E-state index is 8.82. The normalized spacial score (nSPS) is 13.5. The summed E-state index contributed by atoms with van der Waals surface area (Å²) in [5.74, 6) is 0. The highest BCUT2D eigenvalue weighted by atomic mass is 15.0. The molecule has 38 heavy (non-hydrogen) atoms. The van der Waals surface area contributed by atoms with Gasteiger partial charge in [0.25, 0.3) is 0 Å². The number of aromatic amines is 1. The molecule has 2 nitrogen and oxygen atoms in total. The number of nitrogens with zero attached hydrogens (tertiary/aromatic N) is 1. The molecule has 6 aromatic carbocycles. The average molecular weight is 490 g/mol. The molecule has 0 aliphatic rings. The highest BCUT2D eigenvalue weighted by Gasteiger charge is 2.18. The van der Waals surface area contributed by atoms with E-state index in [1.165, 1.54) is 0 Å². The number of aromatic nitrogens is 2. The van der Waals surface area contributed by atoms with Gasteiger partial charge in [0, 0.05) is 32.7 Å². The Morgan fingerprint density at radius 1 is 0.553 bits per heavy atom. The highest BCUT2D eigenvalue weighted by molar-refractivity contribution is 6.22. The van der Waals surface area contributed by atoms with E-state index >= 15 is 0 Å². The van der Waals surface area contributed by atoms with Gasteiger partial charge in [0.2, 0.25) is 0 Å². The molecule has 178 valence electrons.